The Bertz CT molecular complexity index is 1260. The Hall–Kier alpha value is -2.58. The summed E-state index contributed by atoms with van der Waals surface area (Å²) in [6, 6.07) is 15.1. The SMILES string of the molecule is O=c1c2ccccc2nc(CN2CCOCC2)n1Cc1nc(-c2ccc(Cl)cc2)cs1. The topological polar surface area (TPSA) is 60.3 Å². The van der Waals surface area contributed by atoms with Crippen LogP contribution in [0.5, 0.6) is 0 Å². The third-order valence-corrected chi connectivity index (χ3v) is 6.48. The van der Waals surface area contributed by atoms with E-state index in [-0.39, 0.29) is 5.56 Å². The van der Waals surface area contributed by atoms with Crippen molar-refractivity contribution >= 4 is 33.8 Å². The maximum Gasteiger partial charge on any atom is 0.261 e. The monoisotopic (exact) mass is 452 g/mol. The number of rotatable bonds is 5. The van der Waals surface area contributed by atoms with Crippen LogP contribution in [0.15, 0.2) is 58.7 Å². The lowest BCUT2D eigenvalue weighted by molar-refractivity contribution is 0.0325. The molecule has 0 spiro atoms. The van der Waals surface area contributed by atoms with Crippen LogP contribution in [0.25, 0.3) is 22.2 Å². The fourth-order valence-electron chi connectivity index (χ4n) is 3.73. The molecule has 0 unspecified atom stereocenters. The summed E-state index contributed by atoms with van der Waals surface area (Å²) in [5.74, 6) is 0.758. The lowest BCUT2D eigenvalue weighted by Crippen LogP contribution is -2.38. The smallest absolute Gasteiger partial charge is 0.261 e. The van der Waals surface area contributed by atoms with Gasteiger partial charge in [-0.2, -0.15) is 0 Å². The Labute approximate surface area is 188 Å². The Balaban J connectivity index is 1.50. The molecule has 1 aliphatic rings. The molecule has 0 saturated carbocycles. The predicted octanol–water partition coefficient (Wildman–Crippen LogP) is 4.05. The first-order chi connectivity index (χ1) is 15.2. The van der Waals surface area contributed by atoms with Gasteiger partial charge in [0.1, 0.15) is 10.8 Å². The Morgan fingerprint density at radius 1 is 1.00 bits per heavy atom. The zero-order valence-corrected chi connectivity index (χ0v) is 18.4. The summed E-state index contributed by atoms with van der Waals surface area (Å²) in [5.41, 5.74) is 2.59. The van der Waals surface area contributed by atoms with Crippen molar-refractivity contribution in [2.75, 3.05) is 26.3 Å². The van der Waals surface area contributed by atoms with Crippen molar-refractivity contribution in [1.29, 1.82) is 0 Å². The van der Waals surface area contributed by atoms with Crippen LogP contribution in [0, 0.1) is 0 Å². The second kappa shape index (κ2) is 8.88. The molecule has 5 rings (SSSR count). The number of benzene rings is 2. The Kier molecular flexibility index (Phi) is 5.82. The first kappa shape index (κ1) is 20.3. The van der Waals surface area contributed by atoms with E-state index < -0.39 is 0 Å². The van der Waals surface area contributed by atoms with Crippen LogP contribution >= 0.6 is 22.9 Å². The van der Waals surface area contributed by atoms with Gasteiger partial charge in [-0.1, -0.05) is 35.9 Å². The van der Waals surface area contributed by atoms with Gasteiger partial charge in [0.05, 0.1) is 42.9 Å². The molecule has 0 amide bonds. The van der Waals surface area contributed by atoms with Crippen molar-refractivity contribution in [3.05, 3.63) is 80.1 Å². The van der Waals surface area contributed by atoms with Crippen molar-refractivity contribution in [1.82, 2.24) is 19.4 Å². The van der Waals surface area contributed by atoms with Gasteiger partial charge in [0.2, 0.25) is 0 Å². The molecule has 3 heterocycles. The first-order valence-corrected chi connectivity index (χ1v) is 11.4. The second-order valence-corrected chi connectivity index (χ2v) is 8.84. The summed E-state index contributed by atoms with van der Waals surface area (Å²) in [4.78, 5) is 25.2. The highest BCUT2D eigenvalue weighted by atomic mass is 35.5. The molecule has 0 N–H and O–H groups in total. The molecule has 0 bridgehead atoms. The number of para-hydroxylation sites is 1. The molecule has 31 heavy (non-hydrogen) atoms. The Morgan fingerprint density at radius 2 is 1.77 bits per heavy atom. The fourth-order valence-corrected chi connectivity index (χ4v) is 4.65. The molecule has 4 aromatic rings. The zero-order valence-electron chi connectivity index (χ0n) is 16.8. The number of halogens is 1. The van der Waals surface area contributed by atoms with Gasteiger partial charge in [-0.3, -0.25) is 14.3 Å². The summed E-state index contributed by atoms with van der Waals surface area (Å²) in [6.07, 6.45) is 0. The van der Waals surface area contributed by atoms with Crippen molar-refractivity contribution < 1.29 is 4.74 Å². The normalized spacial score (nSPS) is 14.9. The number of nitrogens with zero attached hydrogens (tertiary/aromatic N) is 4. The first-order valence-electron chi connectivity index (χ1n) is 10.2. The van der Waals surface area contributed by atoms with Gasteiger partial charge in [-0.15, -0.1) is 11.3 Å². The summed E-state index contributed by atoms with van der Waals surface area (Å²) in [7, 11) is 0. The van der Waals surface area contributed by atoms with E-state index >= 15 is 0 Å². The second-order valence-electron chi connectivity index (χ2n) is 7.46. The van der Waals surface area contributed by atoms with E-state index in [1.165, 1.54) is 0 Å². The van der Waals surface area contributed by atoms with Gasteiger partial charge in [0, 0.05) is 29.1 Å². The van der Waals surface area contributed by atoms with Gasteiger partial charge in [0.15, 0.2) is 0 Å². The molecule has 0 atom stereocenters. The van der Waals surface area contributed by atoms with Crippen molar-refractivity contribution in [3.8, 4) is 11.3 Å². The fraction of sp³-hybridized carbons (Fsp3) is 0.261. The highest BCUT2D eigenvalue weighted by Crippen LogP contribution is 2.24. The van der Waals surface area contributed by atoms with Gasteiger partial charge in [0.25, 0.3) is 5.56 Å². The van der Waals surface area contributed by atoms with E-state index in [1.807, 2.05) is 53.9 Å². The standard InChI is InChI=1S/C23H21ClN4O2S/c24-17-7-5-16(6-8-17)20-15-31-22(26-20)14-28-21(13-27-9-11-30-12-10-27)25-19-4-2-1-3-18(19)23(28)29/h1-8,15H,9-14H2. The lowest BCUT2D eigenvalue weighted by atomic mass is 10.2. The van der Waals surface area contributed by atoms with Crippen LogP contribution in [-0.4, -0.2) is 45.7 Å². The van der Waals surface area contributed by atoms with E-state index in [9.17, 15) is 4.79 Å². The van der Waals surface area contributed by atoms with Gasteiger partial charge < -0.3 is 4.74 Å². The summed E-state index contributed by atoms with van der Waals surface area (Å²) in [5, 5.41) is 4.20. The number of ether oxygens (including phenoxy) is 1. The van der Waals surface area contributed by atoms with Gasteiger partial charge in [-0.25, -0.2) is 9.97 Å². The van der Waals surface area contributed by atoms with Gasteiger partial charge in [-0.05, 0) is 24.3 Å². The number of aromatic nitrogens is 3. The number of hydrogen-bond acceptors (Lipinski definition) is 6. The Morgan fingerprint density at radius 3 is 2.58 bits per heavy atom. The third-order valence-electron chi connectivity index (χ3n) is 5.39. The number of morpholine rings is 1. The molecule has 8 heteroatoms. The molecule has 1 fully saturated rings. The van der Waals surface area contributed by atoms with Crippen LogP contribution in [0.3, 0.4) is 0 Å². The number of thiazole rings is 1. The molecule has 0 aliphatic carbocycles. The van der Waals surface area contributed by atoms with E-state index in [4.69, 9.17) is 26.3 Å². The van der Waals surface area contributed by atoms with Crippen LogP contribution in [0.4, 0.5) is 0 Å². The average molecular weight is 453 g/mol. The molecule has 158 valence electrons. The number of hydrogen-bond donors (Lipinski definition) is 0. The maximum absolute atomic E-state index is 13.4. The molecule has 0 radical (unpaired) electrons. The highest BCUT2D eigenvalue weighted by Gasteiger charge is 2.18. The molecule has 6 nitrogen and oxygen atoms in total. The number of fused-ring (bicyclic) bond motifs is 1. The molecule has 1 saturated heterocycles. The molecular formula is C23H21ClN4O2S. The minimum absolute atomic E-state index is 0.0305. The quantitative estimate of drug-likeness (QED) is 0.457. The minimum Gasteiger partial charge on any atom is -0.379 e. The molecule has 1 aliphatic heterocycles. The van der Waals surface area contributed by atoms with Crippen molar-refractivity contribution in [2.24, 2.45) is 0 Å². The molecule has 2 aromatic heterocycles. The summed E-state index contributed by atoms with van der Waals surface area (Å²) in [6.45, 7) is 4.08. The highest BCUT2D eigenvalue weighted by molar-refractivity contribution is 7.09. The lowest BCUT2D eigenvalue weighted by Gasteiger charge is -2.27. The maximum atomic E-state index is 13.4. The molecular weight excluding hydrogens is 432 g/mol. The molecule has 2 aromatic carbocycles. The van der Waals surface area contributed by atoms with Crippen LogP contribution in [-0.2, 0) is 17.8 Å². The van der Waals surface area contributed by atoms with E-state index in [0.717, 1.165) is 40.7 Å². The van der Waals surface area contributed by atoms with Gasteiger partial charge >= 0.3 is 0 Å². The van der Waals surface area contributed by atoms with E-state index in [0.29, 0.717) is 36.7 Å². The predicted molar refractivity (Wildman–Crippen MR) is 124 cm³/mol. The van der Waals surface area contributed by atoms with E-state index in [1.54, 1.807) is 15.9 Å². The van der Waals surface area contributed by atoms with Crippen LogP contribution in [0.1, 0.15) is 10.8 Å². The zero-order chi connectivity index (χ0) is 21.2. The van der Waals surface area contributed by atoms with E-state index in [2.05, 4.69) is 4.90 Å². The summed E-state index contributed by atoms with van der Waals surface area (Å²) >= 11 is 7.55. The van der Waals surface area contributed by atoms with Crippen LogP contribution < -0.4 is 5.56 Å². The van der Waals surface area contributed by atoms with Crippen molar-refractivity contribution in [3.63, 3.8) is 0 Å². The average Bonchev–Trinajstić information content (AvgIpc) is 3.26. The summed E-state index contributed by atoms with van der Waals surface area (Å²) < 4.78 is 7.23. The van der Waals surface area contributed by atoms with Crippen LogP contribution in [0.2, 0.25) is 5.02 Å². The van der Waals surface area contributed by atoms with Crippen molar-refractivity contribution in [2.45, 2.75) is 13.1 Å². The third kappa shape index (κ3) is 4.41. The minimum atomic E-state index is -0.0305. The largest absolute Gasteiger partial charge is 0.379 e.